The number of amides is 1. The first kappa shape index (κ1) is 23.5. The Balaban J connectivity index is 2.15. The van der Waals surface area contributed by atoms with Crippen molar-refractivity contribution < 1.29 is 27.1 Å². The minimum atomic E-state index is -3.41. The summed E-state index contributed by atoms with van der Waals surface area (Å²) in [5.74, 6) is -2.54. The molecule has 0 radical (unpaired) electrons. The molecule has 0 aliphatic heterocycles. The van der Waals surface area contributed by atoms with Crippen molar-refractivity contribution in [3.05, 3.63) is 69.4 Å². The van der Waals surface area contributed by atoms with E-state index in [-0.39, 0.29) is 28.9 Å². The summed E-state index contributed by atoms with van der Waals surface area (Å²) in [6.45, 7) is -0.472. The smallest absolute Gasteiger partial charge is 0.329 e. The quantitative estimate of drug-likeness (QED) is 0.562. The number of nitriles is 1. The monoisotopic (exact) mass is 496 g/mol. The first-order valence-electron chi connectivity index (χ1n) is 8.69. The molecule has 2 aromatic rings. The van der Waals surface area contributed by atoms with Crippen LogP contribution in [0, 0.1) is 17.1 Å². The van der Waals surface area contributed by atoms with E-state index in [2.05, 4.69) is 21.2 Å². The number of benzene rings is 2. The van der Waals surface area contributed by atoms with Gasteiger partial charge in [0.25, 0.3) is 5.91 Å². The molecule has 1 N–H and O–H groups in total. The number of halogens is 2. The maximum atomic E-state index is 13.9. The van der Waals surface area contributed by atoms with E-state index in [1.54, 1.807) is 18.2 Å². The zero-order valence-electron chi connectivity index (χ0n) is 15.9. The molecular weight excluding hydrogens is 479 g/mol. The van der Waals surface area contributed by atoms with Crippen LogP contribution in [0.25, 0.3) is 0 Å². The van der Waals surface area contributed by atoms with Crippen molar-refractivity contribution in [2.45, 2.75) is 19.1 Å². The number of esters is 1. The number of ether oxygens (including phenoxy) is 1. The fourth-order valence-corrected chi connectivity index (χ4v) is 3.60. The number of nitrogens with one attached hydrogen (secondary N) is 1. The number of nitrogens with zero attached hydrogens (tertiary/aromatic N) is 1. The third-order valence-corrected chi connectivity index (χ3v) is 5.70. The van der Waals surface area contributed by atoms with Gasteiger partial charge in [0.05, 0.1) is 22.9 Å². The number of rotatable bonds is 8. The highest BCUT2D eigenvalue weighted by atomic mass is 79.9. The molecule has 0 aliphatic carbocycles. The van der Waals surface area contributed by atoms with Gasteiger partial charge in [0, 0.05) is 16.3 Å². The van der Waals surface area contributed by atoms with Crippen LogP contribution in [-0.2, 0) is 26.0 Å². The molecule has 0 heterocycles. The third-order valence-electron chi connectivity index (χ3n) is 4.03. The zero-order valence-corrected chi connectivity index (χ0v) is 18.3. The van der Waals surface area contributed by atoms with Gasteiger partial charge < -0.3 is 10.1 Å². The van der Waals surface area contributed by atoms with Gasteiger partial charge in [-0.15, -0.1) is 0 Å². The van der Waals surface area contributed by atoms with Gasteiger partial charge in [0.15, 0.2) is 0 Å². The second kappa shape index (κ2) is 10.3. The molecule has 10 heteroatoms. The summed E-state index contributed by atoms with van der Waals surface area (Å²) in [7, 11) is -3.41. The Hall–Kier alpha value is -2.77. The lowest BCUT2D eigenvalue weighted by atomic mass is 10.1. The van der Waals surface area contributed by atoms with Gasteiger partial charge in [-0.05, 0) is 52.7 Å². The molecule has 0 unspecified atom stereocenters. The summed E-state index contributed by atoms with van der Waals surface area (Å²) >= 11 is 3.24. The average Bonchev–Trinajstić information content (AvgIpc) is 2.69. The summed E-state index contributed by atoms with van der Waals surface area (Å²) < 4.78 is 42.5. The fraction of sp³-hybridized carbons (Fsp3) is 0.250. The third kappa shape index (κ3) is 6.93. The predicted octanol–water partition coefficient (Wildman–Crippen LogP) is 2.74. The lowest BCUT2D eigenvalue weighted by molar-refractivity contribution is -0.147. The number of hydrogen-bond acceptors (Lipinski definition) is 6. The van der Waals surface area contributed by atoms with E-state index >= 15 is 0 Å². The first-order chi connectivity index (χ1) is 14.1. The maximum Gasteiger partial charge on any atom is 0.329 e. The molecule has 158 valence electrons. The van der Waals surface area contributed by atoms with Crippen molar-refractivity contribution in [2.24, 2.45) is 0 Å². The second-order valence-electron chi connectivity index (χ2n) is 6.45. The molecule has 1 atom stereocenters. The van der Waals surface area contributed by atoms with Crippen molar-refractivity contribution in [3.8, 4) is 6.07 Å². The summed E-state index contributed by atoms with van der Waals surface area (Å²) in [5, 5.41) is 11.4. The second-order valence-corrected chi connectivity index (χ2v) is 9.56. The Morgan fingerprint density at radius 1 is 1.27 bits per heavy atom. The van der Waals surface area contributed by atoms with Gasteiger partial charge in [0.2, 0.25) is 0 Å². The Bertz CT molecular complexity index is 1100. The van der Waals surface area contributed by atoms with E-state index in [1.165, 1.54) is 18.2 Å². The molecule has 0 aliphatic rings. The first-order valence-corrected chi connectivity index (χ1v) is 11.5. The van der Waals surface area contributed by atoms with Gasteiger partial charge in [-0.25, -0.2) is 17.6 Å². The summed E-state index contributed by atoms with van der Waals surface area (Å²) in [5.41, 5.74) is 0.433. The average molecular weight is 497 g/mol. The number of sulfone groups is 1. The Morgan fingerprint density at radius 3 is 2.60 bits per heavy atom. The van der Waals surface area contributed by atoms with E-state index in [4.69, 9.17) is 10.00 Å². The van der Waals surface area contributed by atoms with Crippen LogP contribution in [0.4, 0.5) is 4.39 Å². The van der Waals surface area contributed by atoms with Crippen LogP contribution in [0.1, 0.15) is 27.9 Å². The van der Waals surface area contributed by atoms with E-state index in [0.717, 1.165) is 12.3 Å². The molecule has 0 saturated heterocycles. The number of carbonyl (C=O) groups is 2. The molecule has 2 rings (SSSR count). The molecule has 0 fully saturated rings. The molecule has 7 nitrogen and oxygen atoms in total. The van der Waals surface area contributed by atoms with E-state index in [9.17, 15) is 22.4 Å². The number of carbonyl (C=O) groups excluding carboxylic acids is 2. The molecule has 0 saturated carbocycles. The van der Waals surface area contributed by atoms with Crippen LogP contribution in [0.2, 0.25) is 0 Å². The van der Waals surface area contributed by atoms with Crippen molar-refractivity contribution in [2.75, 3.05) is 12.0 Å². The van der Waals surface area contributed by atoms with E-state index < -0.39 is 40.2 Å². The van der Waals surface area contributed by atoms with Crippen molar-refractivity contribution in [1.82, 2.24) is 5.32 Å². The van der Waals surface area contributed by atoms with Crippen LogP contribution in [0.3, 0.4) is 0 Å². The van der Waals surface area contributed by atoms with Gasteiger partial charge in [-0.1, -0.05) is 12.1 Å². The minimum absolute atomic E-state index is 0.0126. The largest absolute Gasteiger partial charge is 0.459 e. The van der Waals surface area contributed by atoms with Crippen molar-refractivity contribution >= 4 is 37.6 Å². The summed E-state index contributed by atoms with van der Waals surface area (Å²) in [4.78, 5) is 25.0. The minimum Gasteiger partial charge on any atom is -0.459 e. The molecule has 0 aromatic heterocycles. The highest BCUT2D eigenvalue weighted by Crippen LogP contribution is 2.17. The highest BCUT2D eigenvalue weighted by Gasteiger charge is 2.25. The zero-order chi connectivity index (χ0) is 22.3. The Morgan fingerprint density at radius 2 is 1.97 bits per heavy atom. The van der Waals surface area contributed by atoms with Crippen LogP contribution in [0.15, 0.2) is 46.9 Å². The summed E-state index contributed by atoms with van der Waals surface area (Å²) in [6, 6.07) is 10.7. The number of hydrogen-bond donors (Lipinski definition) is 1. The molecular formula is C20H18BrFN2O5S. The molecule has 0 bridgehead atoms. The van der Waals surface area contributed by atoms with Crippen LogP contribution < -0.4 is 5.32 Å². The Kier molecular flexibility index (Phi) is 8.08. The summed E-state index contributed by atoms with van der Waals surface area (Å²) in [6.07, 6.45) is 0.794. The van der Waals surface area contributed by atoms with Gasteiger partial charge in [-0.2, -0.15) is 5.26 Å². The van der Waals surface area contributed by atoms with Crippen LogP contribution in [-0.4, -0.2) is 38.3 Å². The van der Waals surface area contributed by atoms with Crippen molar-refractivity contribution in [1.29, 1.82) is 5.26 Å². The van der Waals surface area contributed by atoms with Crippen LogP contribution >= 0.6 is 15.9 Å². The van der Waals surface area contributed by atoms with Crippen molar-refractivity contribution in [3.63, 3.8) is 0 Å². The molecule has 30 heavy (non-hydrogen) atoms. The maximum absolute atomic E-state index is 13.9. The lowest BCUT2D eigenvalue weighted by Gasteiger charge is -2.18. The topological polar surface area (TPSA) is 113 Å². The van der Waals surface area contributed by atoms with Crippen LogP contribution in [0.5, 0.6) is 0 Å². The standard InChI is InChI=1S/C20H18BrFN2O5S/c1-30(27,28)9-8-18(24-19(25)15-4-2-3-5-16(15)21)20(26)29-12-14-10-13(11-23)6-7-17(14)22/h2-7,10,18H,8-9,12H2,1H3,(H,24,25)/t18-/m1/s1. The van der Waals surface area contributed by atoms with Gasteiger partial charge in [-0.3, -0.25) is 4.79 Å². The lowest BCUT2D eigenvalue weighted by Crippen LogP contribution is -2.43. The van der Waals surface area contributed by atoms with E-state index in [1.807, 2.05) is 6.07 Å². The fourth-order valence-electron chi connectivity index (χ4n) is 2.47. The van der Waals surface area contributed by atoms with E-state index in [0.29, 0.717) is 4.47 Å². The highest BCUT2D eigenvalue weighted by molar-refractivity contribution is 9.10. The van der Waals surface area contributed by atoms with Gasteiger partial charge >= 0.3 is 5.97 Å². The SMILES string of the molecule is CS(=O)(=O)CC[C@@H](NC(=O)c1ccccc1Br)C(=O)OCc1cc(C#N)ccc1F. The molecule has 2 aromatic carbocycles. The normalized spacial score (nSPS) is 11.9. The Labute approximate surface area is 181 Å². The predicted molar refractivity (Wildman–Crippen MR) is 111 cm³/mol. The molecule has 1 amide bonds. The molecule has 0 spiro atoms. The van der Waals surface area contributed by atoms with Gasteiger partial charge in [0.1, 0.15) is 28.3 Å².